The Hall–Kier alpha value is -3.08. The first-order chi connectivity index (χ1) is 13.7. The molecule has 0 bridgehead atoms. The van der Waals surface area contributed by atoms with Crippen LogP contribution in [-0.2, 0) is 12.8 Å². The van der Waals surface area contributed by atoms with Gasteiger partial charge < -0.3 is 15.1 Å². The van der Waals surface area contributed by atoms with E-state index in [1.807, 2.05) is 18.2 Å². The lowest BCUT2D eigenvalue weighted by atomic mass is 10.1. The van der Waals surface area contributed by atoms with E-state index in [1.54, 1.807) is 13.3 Å². The highest BCUT2D eigenvalue weighted by Gasteiger charge is 2.07. The van der Waals surface area contributed by atoms with Crippen LogP contribution in [0.25, 0.3) is 11.5 Å². The highest BCUT2D eigenvalue weighted by molar-refractivity contribution is 5.79. The zero-order chi connectivity index (χ0) is 19.6. The largest absolute Gasteiger partial charge is 0.444 e. The number of aliphatic imine (C=N–C) groups is 1. The fraction of sp³-hybridized carbons (Fsp3) is 0.304. The molecule has 0 aliphatic rings. The second-order valence-electron chi connectivity index (χ2n) is 6.77. The second-order valence-corrected chi connectivity index (χ2v) is 6.77. The number of nitrogens with zero attached hydrogens (tertiary/aromatic N) is 2. The minimum atomic E-state index is 0.665. The molecule has 1 aromatic heterocycles. The summed E-state index contributed by atoms with van der Waals surface area (Å²) in [5, 5.41) is 6.69. The van der Waals surface area contributed by atoms with E-state index in [1.165, 1.54) is 11.1 Å². The van der Waals surface area contributed by atoms with Crippen LogP contribution >= 0.6 is 0 Å². The summed E-state index contributed by atoms with van der Waals surface area (Å²) in [7, 11) is 1.79. The number of guanidine groups is 1. The monoisotopic (exact) mass is 376 g/mol. The predicted molar refractivity (Wildman–Crippen MR) is 115 cm³/mol. The molecule has 3 aromatic rings. The van der Waals surface area contributed by atoms with Crippen molar-refractivity contribution in [2.45, 2.75) is 26.2 Å². The number of nitrogens with one attached hydrogen (secondary N) is 2. The number of rotatable bonds is 8. The van der Waals surface area contributed by atoms with Gasteiger partial charge in [-0.2, -0.15) is 0 Å². The van der Waals surface area contributed by atoms with Gasteiger partial charge in [-0.1, -0.05) is 48.0 Å². The van der Waals surface area contributed by atoms with Crippen LogP contribution in [0.2, 0.25) is 0 Å². The van der Waals surface area contributed by atoms with Gasteiger partial charge >= 0.3 is 0 Å². The highest BCUT2D eigenvalue weighted by Crippen LogP contribution is 2.19. The quantitative estimate of drug-likeness (QED) is 0.354. The summed E-state index contributed by atoms with van der Waals surface area (Å²) in [5.74, 6) is 1.48. The van der Waals surface area contributed by atoms with E-state index >= 15 is 0 Å². The van der Waals surface area contributed by atoms with Crippen molar-refractivity contribution in [1.29, 1.82) is 0 Å². The Bertz CT molecular complexity index is 869. The molecule has 0 saturated carbocycles. The molecular weight excluding hydrogens is 348 g/mol. The van der Waals surface area contributed by atoms with Gasteiger partial charge in [-0.25, -0.2) is 4.98 Å². The summed E-state index contributed by atoms with van der Waals surface area (Å²) in [6, 6.07) is 18.7. The van der Waals surface area contributed by atoms with Gasteiger partial charge in [-0.05, 0) is 37.5 Å². The van der Waals surface area contributed by atoms with E-state index in [-0.39, 0.29) is 0 Å². The lowest BCUT2D eigenvalue weighted by molar-refractivity contribution is 0.572. The maximum absolute atomic E-state index is 5.61. The van der Waals surface area contributed by atoms with Crippen LogP contribution in [0.3, 0.4) is 0 Å². The summed E-state index contributed by atoms with van der Waals surface area (Å²) in [6.07, 6.45) is 4.63. The van der Waals surface area contributed by atoms with E-state index in [2.05, 4.69) is 63.9 Å². The molecule has 0 saturated heterocycles. The Morgan fingerprint density at radius 3 is 2.46 bits per heavy atom. The van der Waals surface area contributed by atoms with E-state index in [0.717, 1.165) is 49.6 Å². The zero-order valence-corrected chi connectivity index (χ0v) is 16.6. The van der Waals surface area contributed by atoms with Gasteiger partial charge in [0.15, 0.2) is 5.96 Å². The average molecular weight is 377 g/mol. The molecule has 0 spiro atoms. The molecule has 1 heterocycles. The standard InChI is InChI=1S/C23H28N4O/c1-18-10-12-20(13-11-18)22-27-21(17-28-22)14-16-26-23(24-2)25-15-6-9-19-7-4-3-5-8-19/h3-5,7-8,10-13,17H,6,9,14-16H2,1-2H3,(H2,24,25,26). The first kappa shape index (κ1) is 19.7. The molecule has 0 atom stereocenters. The van der Waals surface area contributed by atoms with Crippen molar-refractivity contribution >= 4 is 5.96 Å². The van der Waals surface area contributed by atoms with Crippen LogP contribution in [0.5, 0.6) is 0 Å². The molecule has 0 radical (unpaired) electrons. The van der Waals surface area contributed by atoms with Gasteiger partial charge in [-0.15, -0.1) is 0 Å². The molecule has 0 unspecified atom stereocenters. The minimum Gasteiger partial charge on any atom is -0.444 e. The molecule has 28 heavy (non-hydrogen) atoms. The zero-order valence-electron chi connectivity index (χ0n) is 16.6. The maximum atomic E-state index is 5.61. The van der Waals surface area contributed by atoms with E-state index in [4.69, 9.17) is 4.42 Å². The first-order valence-electron chi connectivity index (χ1n) is 9.74. The van der Waals surface area contributed by atoms with Gasteiger partial charge in [-0.3, -0.25) is 4.99 Å². The van der Waals surface area contributed by atoms with Crippen LogP contribution in [-0.4, -0.2) is 31.1 Å². The fourth-order valence-electron chi connectivity index (χ4n) is 2.92. The Balaban J connectivity index is 1.38. The summed E-state index contributed by atoms with van der Waals surface area (Å²) in [6.45, 7) is 3.70. The Morgan fingerprint density at radius 2 is 1.71 bits per heavy atom. The van der Waals surface area contributed by atoms with E-state index < -0.39 is 0 Å². The van der Waals surface area contributed by atoms with Crippen molar-refractivity contribution in [1.82, 2.24) is 15.6 Å². The molecule has 146 valence electrons. The van der Waals surface area contributed by atoms with Crippen molar-refractivity contribution in [2.75, 3.05) is 20.1 Å². The minimum absolute atomic E-state index is 0.665. The van der Waals surface area contributed by atoms with Crippen molar-refractivity contribution in [2.24, 2.45) is 4.99 Å². The third-order valence-corrected chi connectivity index (χ3v) is 4.52. The SMILES string of the molecule is CN=C(NCCCc1ccccc1)NCCc1coc(-c2ccc(C)cc2)n1. The predicted octanol–water partition coefficient (Wildman–Crippen LogP) is 3.99. The molecule has 2 aromatic carbocycles. The molecule has 0 amide bonds. The lowest BCUT2D eigenvalue weighted by Crippen LogP contribution is -2.38. The topological polar surface area (TPSA) is 62.5 Å². The number of benzene rings is 2. The van der Waals surface area contributed by atoms with Gasteiger partial charge in [0.1, 0.15) is 6.26 Å². The first-order valence-corrected chi connectivity index (χ1v) is 9.74. The van der Waals surface area contributed by atoms with Crippen LogP contribution in [0.1, 0.15) is 23.2 Å². The van der Waals surface area contributed by atoms with Crippen molar-refractivity contribution in [3.63, 3.8) is 0 Å². The van der Waals surface area contributed by atoms with Crippen LogP contribution in [0.15, 0.2) is 70.3 Å². The van der Waals surface area contributed by atoms with Gasteiger partial charge in [0.2, 0.25) is 5.89 Å². The molecule has 2 N–H and O–H groups in total. The molecule has 0 aliphatic heterocycles. The average Bonchev–Trinajstić information content (AvgIpc) is 3.20. The molecule has 0 fully saturated rings. The lowest BCUT2D eigenvalue weighted by Gasteiger charge is -2.11. The molecule has 5 nitrogen and oxygen atoms in total. The van der Waals surface area contributed by atoms with E-state index in [0.29, 0.717) is 5.89 Å². The van der Waals surface area contributed by atoms with Crippen LogP contribution < -0.4 is 10.6 Å². The summed E-state index contributed by atoms with van der Waals surface area (Å²) < 4.78 is 5.61. The molecule has 0 aliphatic carbocycles. The summed E-state index contributed by atoms with van der Waals surface area (Å²) in [4.78, 5) is 8.85. The molecule has 3 rings (SSSR count). The van der Waals surface area contributed by atoms with Gasteiger partial charge in [0.25, 0.3) is 0 Å². The van der Waals surface area contributed by atoms with Crippen molar-refractivity contribution in [3.05, 3.63) is 77.7 Å². The van der Waals surface area contributed by atoms with Gasteiger partial charge in [0, 0.05) is 32.1 Å². The number of oxazole rings is 1. The number of aryl methyl sites for hydroxylation is 2. The normalized spacial score (nSPS) is 11.4. The van der Waals surface area contributed by atoms with Crippen molar-refractivity contribution in [3.8, 4) is 11.5 Å². The fourth-order valence-corrected chi connectivity index (χ4v) is 2.92. The third-order valence-electron chi connectivity index (χ3n) is 4.52. The number of hydrogen-bond donors (Lipinski definition) is 2. The Labute approximate surface area is 166 Å². The Morgan fingerprint density at radius 1 is 0.964 bits per heavy atom. The van der Waals surface area contributed by atoms with Crippen LogP contribution in [0, 0.1) is 6.92 Å². The maximum Gasteiger partial charge on any atom is 0.226 e. The van der Waals surface area contributed by atoms with Crippen molar-refractivity contribution < 1.29 is 4.42 Å². The van der Waals surface area contributed by atoms with Gasteiger partial charge in [0.05, 0.1) is 5.69 Å². The van der Waals surface area contributed by atoms with E-state index in [9.17, 15) is 0 Å². The summed E-state index contributed by atoms with van der Waals surface area (Å²) >= 11 is 0. The number of hydrogen-bond acceptors (Lipinski definition) is 3. The molecular formula is C23H28N4O. The number of aromatic nitrogens is 1. The second kappa shape index (κ2) is 10.3. The molecule has 5 heteroatoms. The third kappa shape index (κ3) is 5.98. The van der Waals surface area contributed by atoms with Crippen LogP contribution in [0.4, 0.5) is 0 Å². The summed E-state index contributed by atoms with van der Waals surface area (Å²) in [5.41, 5.74) is 4.52. The highest BCUT2D eigenvalue weighted by atomic mass is 16.3. The Kier molecular flexibility index (Phi) is 7.24. The smallest absolute Gasteiger partial charge is 0.226 e.